The highest BCUT2D eigenvalue weighted by Gasteiger charge is 2.37. The highest BCUT2D eigenvalue weighted by Crippen LogP contribution is 2.39. The maximum atomic E-state index is 11.5. The van der Waals surface area contributed by atoms with Crippen LogP contribution >= 0.6 is 15.9 Å². The summed E-state index contributed by atoms with van der Waals surface area (Å²) in [5.41, 5.74) is 4.36. The van der Waals surface area contributed by atoms with Crippen molar-refractivity contribution in [2.24, 2.45) is 5.92 Å². The first-order valence-electron chi connectivity index (χ1n) is 8.12. The Morgan fingerprint density at radius 1 is 1.36 bits per heavy atom. The summed E-state index contributed by atoms with van der Waals surface area (Å²) >= 11 is 3.50. The fourth-order valence-corrected chi connectivity index (χ4v) is 3.68. The normalized spacial score (nSPS) is 19.6. The summed E-state index contributed by atoms with van der Waals surface area (Å²) in [6.07, 6.45) is 5.31. The summed E-state index contributed by atoms with van der Waals surface area (Å²) in [6, 6.07) is 6.08. The Hall–Kier alpha value is -2.28. The Kier molecular flexibility index (Phi) is 4.03. The van der Waals surface area contributed by atoms with Gasteiger partial charge in [-0.2, -0.15) is 5.10 Å². The molecule has 3 aromatic rings. The number of hydrogen-bond donors (Lipinski definition) is 0. The zero-order chi connectivity index (χ0) is 17.6. The van der Waals surface area contributed by atoms with Gasteiger partial charge in [0.05, 0.1) is 42.2 Å². The van der Waals surface area contributed by atoms with Crippen LogP contribution in [-0.4, -0.2) is 32.8 Å². The Bertz CT molecular complexity index is 963. The van der Waals surface area contributed by atoms with Crippen molar-refractivity contribution in [1.29, 1.82) is 0 Å². The fraction of sp³-hybridized carbons (Fsp3) is 0.333. The standard InChI is InChI=1S/C18H17BrN4O2/c1-10-13(9-23(22-10)12-6-11(7-12)18(24)25-2)16-8-20-17-14(19)4-3-5-15(17)21-16/h3-5,8-9,11-12H,6-7H2,1-2H3. The predicted molar refractivity (Wildman–Crippen MR) is 97.0 cm³/mol. The third kappa shape index (κ3) is 2.82. The van der Waals surface area contributed by atoms with Crippen LogP contribution in [0.4, 0.5) is 0 Å². The molecule has 1 aromatic carbocycles. The number of halogens is 1. The van der Waals surface area contributed by atoms with Crippen molar-refractivity contribution in [1.82, 2.24) is 19.7 Å². The second kappa shape index (κ2) is 6.22. The lowest BCUT2D eigenvalue weighted by Gasteiger charge is -2.33. The number of carbonyl (C=O) groups is 1. The van der Waals surface area contributed by atoms with Crippen LogP contribution in [0.1, 0.15) is 24.6 Å². The van der Waals surface area contributed by atoms with Crippen LogP contribution in [0.15, 0.2) is 35.1 Å². The number of hydrogen-bond acceptors (Lipinski definition) is 5. The predicted octanol–water partition coefficient (Wildman–Crippen LogP) is 3.69. The average molecular weight is 401 g/mol. The van der Waals surface area contributed by atoms with Gasteiger partial charge < -0.3 is 4.74 Å². The molecule has 0 atom stereocenters. The molecule has 1 saturated carbocycles. The summed E-state index contributed by atoms with van der Waals surface area (Å²) in [5, 5.41) is 4.61. The van der Waals surface area contributed by atoms with E-state index in [2.05, 4.69) is 26.0 Å². The number of aryl methyl sites for hydroxylation is 1. The van der Waals surface area contributed by atoms with E-state index >= 15 is 0 Å². The Labute approximate surface area is 153 Å². The first-order valence-corrected chi connectivity index (χ1v) is 8.91. The van der Waals surface area contributed by atoms with E-state index in [9.17, 15) is 4.79 Å². The molecular formula is C18H17BrN4O2. The molecule has 4 rings (SSSR count). The fourth-order valence-electron chi connectivity index (χ4n) is 3.22. The van der Waals surface area contributed by atoms with E-state index in [1.165, 1.54) is 7.11 Å². The molecule has 0 radical (unpaired) electrons. The van der Waals surface area contributed by atoms with E-state index in [0.717, 1.165) is 45.3 Å². The highest BCUT2D eigenvalue weighted by atomic mass is 79.9. The number of esters is 1. The smallest absolute Gasteiger partial charge is 0.308 e. The minimum absolute atomic E-state index is 0.0132. The molecule has 25 heavy (non-hydrogen) atoms. The number of fused-ring (bicyclic) bond motifs is 1. The molecular weight excluding hydrogens is 384 g/mol. The second-order valence-corrected chi connectivity index (χ2v) is 7.17. The molecule has 1 fully saturated rings. The van der Waals surface area contributed by atoms with Crippen molar-refractivity contribution in [2.45, 2.75) is 25.8 Å². The van der Waals surface area contributed by atoms with Gasteiger partial charge in [-0.1, -0.05) is 6.07 Å². The minimum Gasteiger partial charge on any atom is -0.469 e. The first-order chi connectivity index (χ1) is 12.1. The van der Waals surface area contributed by atoms with E-state index in [4.69, 9.17) is 9.72 Å². The quantitative estimate of drug-likeness (QED) is 0.627. The van der Waals surface area contributed by atoms with Gasteiger partial charge in [0.25, 0.3) is 0 Å². The molecule has 0 unspecified atom stereocenters. The monoisotopic (exact) mass is 400 g/mol. The lowest BCUT2D eigenvalue weighted by molar-refractivity contribution is -0.149. The molecule has 0 amide bonds. The van der Waals surface area contributed by atoms with Crippen molar-refractivity contribution in [3.8, 4) is 11.3 Å². The Morgan fingerprint density at radius 3 is 2.92 bits per heavy atom. The van der Waals surface area contributed by atoms with Crippen molar-refractivity contribution in [3.05, 3.63) is 40.8 Å². The van der Waals surface area contributed by atoms with Crippen LogP contribution in [-0.2, 0) is 9.53 Å². The van der Waals surface area contributed by atoms with Crippen LogP contribution in [0.25, 0.3) is 22.3 Å². The molecule has 128 valence electrons. The number of benzene rings is 1. The Balaban J connectivity index is 1.62. The van der Waals surface area contributed by atoms with Crippen LogP contribution in [0, 0.1) is 12.8 Å². The summed E-state index contributed by atoms with van der Waals surface area (Å²) in [6.45, 7) is 1.97. The zero-order valence-electron chi connectivity index (χ0n) is 13.9. The van der Waals surface area contributed by atoms with Gasteiger partial charge in [0, 0.05) is 16.2 Å². The number of methoxy groups -OCH3 is 1. The maximum absolute atomic E-state index is 11.5. The van der Waals surface area contributed by atoms with E-state index in [1.807, 2.05) is 36.0 Å². The van der Waals surface area contributed by atoms with Crippen molar-refractivity contribution < 1.29 is 9.53 Å². The number of para-hydroxylation sites is 1. The highest BCUT2D eigenvalue weighted by molar-refractivity contribution is 9.10. The van der Waals surface area contributed by atoms with Crippen LogP contribution in [0.3, 0.4) is 0 Å². The van der Waals surface area contributed by atoms with Gasteiger partial charge in [0.2, 0.25) is 0 Å². The number of aromatic nitrogens is 4. The molecule has 0 saturated heterocycles. The van der Waals surface area contributed by atoms with Gasteiger partial charge in [-0.05, 0) is 47.8 Å². The van der Waals surface area contributed by atoms with Gasteiger partial charge in [-0.25, -0.2) is 4.98 Å². The van der Waals surface area contributed by atoms with Gasteiger partial charge in [0.15, 0.2) is 0 Å². The van der Waals surface area contributed by atoms with Crippen LogP contribution in [0.2, 0.25) is 0 Å². The lowest BCUT2D eigenvalue weighted by atomic mass is 9.80. The molecule has 2 heterocycles. The molecule has 7 heteroatoms. The number of carbonyl (C=O) groups excluding carboxylic acids is 1. The lowest BCUT2D eigenvalue weighted by Crippen LogP contribution is -2.33. The van der Waals surface area contributed by atoms with Crippen LogP contribution in [0.5, 0.6) is 0 Å². The summed E-state index contributed by atoms with van der Waals surface area (Å²) in [4.78, 5) is 20.8. The van der Waals surface area contributed by atoms with Crippen LogP contribution < -0.4 is 0 Å². The van der Waals surface area contributed by atoms with Gasteiger partial charge in [-0.3, -0.25) is 14.5 Å². The minimum atomic E-state index is -0.133. The second-order valence-electron chi connectivity index (χ2n) is 6.32. The molecule has 1 aliphatic carbocycles. The average Bonchev–Trinajstić information content (AvgIpc) is 2.94. The molecule has 6 nitrogen and oxygen atoms in total. The van der Waals surface area contributed by atoms with E-state index in [1.54, 1.807) is 6.20 Å². The number of ether oxygens (including phenoxy) is 1. The summed E-state index contributed by atoms with van der Waals surface area (Å²) in [7, 11) is 1.43. The molecule has 0 aliphatic heterocycles. The largest absolute Gasteiger partial charge is 0.469 e. The van der Waals surface area contributed by atoms with Crippen molar-refractivity contribution in [2.75, 3.05) is 7.11 Å². The van der Waals surface area contributed by atoms with Crippen molar-refractivity contribution >= 4 is 32.9 Å². The Morgan fingerprint density at radius 2 is 2.16 bits per heavy atom. The summed E-state index contributed by atoms with van der Waals surface area (Å²) < 4.78 is 7.67. The van der Waals surface area contributed by atoms with E-state index in [0.29, 0.717) is 0 Å². The van der Waals surface area contributed by atoms with Gasteiger partial charge in [0.1, 0.15) is 5.52 Å². The molecule has 0 bridgehead atoms. The molecule has 0 spiro atoms. The number of rotatable bonds is 3. The SMILES string of the molecule is COC(=O)C1CC(n2cc(-c3cnc4c(Br)cccc4n3)c(C)n2)C1. The molecule has 2 aromatic heterocycles. The molecule has 1 aliphatic rings. The zero-order valence-corrected chi connectivity index (χ0v) is 15.5. The maximum Gasteiger partial charge on any atom is 0.308 e. The van der Waals surface area contributed by atoms with E-state index < -0.39 is 0 Å². The summed E-state index contributed by atoms with van der Waals surface area (Å²) in [5.74, 6) is -0.146. The van der Waals surface area contributed by atoms with E-state index in [-0.39, 0.29) is 17.9 Å². The van der Waals surface area contributed by atoms with Crippen molar-refractivity contribution in [3.63, 3.8) is 0 Å². The first kappa shape index (κ1) is 16.2. The number of nitrogens with zero attached hydrogens (tertiary/aromatic N) is 4. The van der Waals surface area contributed by atoms with Gasteiger partial charge in [-0.15, -0.1) is 0 Å². The topological polar surface area (TPSA) is 69.9 Å². The van der Waals surface area contributed by atoms with Gasteiger partial charge >= 0.3 is 5.97 Å². The third-order valence-corrected chi connectivity index (χ3v) is 5.38. The third-order valence-electron chi connectivity index (χ3n) is 4.74. The molecule has 0 N–H and O–H groups in total.